The molecule has 0 atom stereocenters. The molecule has 0 fully saturated rings. The van der Waals surface area contributed by atoms with Gasteiger partial charge in [-0.2, -0.15) is 5.21 Å². The van der Waals surface area contributed by atoms with E-state index in [0.717, 1.165) is 11.2 Å². The lowest BCUT2D eigenvalue weighted by Crippen LogP contribution is -1.77. The van der Waals surface area contributed by atoms with Crippen molar-refractivity contribution in [1.82, 2.24) is 20.0 Å². The molecule has 0 saturated carbocycles. The average Bonchev–Trinajstić information content (AvgIpc) is 2.35. The molecule has 1 N–H and O–H groups in total. The van der Waals surface area contributed by atoms with Gasteiger partial charge in [-0.25, -0.2) is 4.52 Å². The third-order valence-corrected chi connectivity index (χ3v) is 1.35. The Morgan fingerprint density at radius 2 is 2.56 bits per heavy atom. The Kier molecular flexibility index (Phi) is 0.677. The van der Waals surface area contributed by atoms with Crippen molar-refractivity contribution in [3.63, 3.8) is 0 Å². The van der Waals surface area contributed by atoms with Crippen LogP contribution in [0, 0.1) is 6.92 Å². The zero-order valence-corrected chi connectivity index (χ0v) is 5.00. The Balaban J connectivity index is 2.99. The molecule has 2 aromatic rings. The fraction of sp³-hybridized carbons (Fsp3) is 0.200. The predicted octanol–water partition coefficient (Wildman–Crippen LogP) is 0.366. The number of H-pyrrole nitrogens is 1. The number of aromatic amines is 1. The fourth-order valence-corrected chi connectivity index (χ4v) is 0.847. The monoisotopic (exact) mass is 122 g/mol. The summed E-state index contributed by atoms with van der Waals surface area (Å²) in [4.78, 5) is 0. The van der Waals surface area contributed by atoms with Crippen LogP contribution >= 0.6 is 0 Å². The van der Waals surface area contributed by atoms with Crippen molar-refractivity contribution < 1.29 is 0 Å². The minimum absolute atomic E-state index is 0.898. The van der Waals surface area contributed by atoms with Crippen molar-refractivity contribution in [2.75, 3.05) is 0 Å². The summed E-state index contributed by atoms with van der Waals surface area (Å²) in [6, 6.07) is 1.99. The topological polar surface area (TPSA) is 46.0 Å². The van der Waals surface area contributed by atoms with E-state index in [4.69, 9.17) is 0 Å². The largest absolute Gasteiger partial charge is 0.226 e. The van der Waals surface area contributed by atoms with Crippen LogP contribution in [0.2, 0.25) is 0 Å². The summed E-state index contributed by atoms with van der Waals surface area (Å²) in [7, 11) is 0. The third-order valence-electron chi connectivity index (χ3n) is 1.35. The van der Waals surface area contributed by atoms with Gasteiger partial charge in [0.05, 0.1) is 0 Å². The van der Waals surface area contributed by atoms with Gasteiger partial charge in [-0.1, -0.05) is 5.21 Å². The van der Waals surface area contributed by atoms with E-state index >= 15 is 0 Å². The first kappa shape index (κ1) is 4.55. The van der Waals surface area contributed by atoms with E-state index in [9.17, 15) is 0 Å². The van der Waals surface area contributed by atoms with Gasteiger partial charge in [0.25, 0.3) is 0 Å². The van der Waals surface area contributed by atoms with E-state index in [-0.39, 0.29) is 0 Å². The summed E-state index contributed by atoms with van der Waals surface area (Å²) in [5, 5.41) is 10.1. The molecule has 0 amide bonds. The van der Waals surface area contributed by atoms with Crippen LogP contribution in [0.3, 0.4) is 0 Å². The second kappa shape index (κ2) is 1.34. The maximum atomic E-state index is 3.84. The zero-order chi connectivity index (χ0) is 6.27. The molecule has 0 aliphatic rings. The van der Waals surface area contributed by atoms with E-state index in [1.807, 2.05) is 19.2 Å². The molecule has 2 rings (SSSR count). The predicted molar refractivity (Wildman–Crippen MR) is 32.1 cm³/mol. The number of tetrazole rings is 1. The molecule has 0 spiro atoms. The van der Waals surface area contributed by atoms with Crippen molar-refractivity contribution in [1.29, 1.82) is 0 Å². The normalized spacial score (nSPS) is 10.8. The van der Waals surface area contributed by atoms with Gasteiger partial charge in [0.2, 0.25) is 0 Å². The summed E-state index contributed by atoms with van der Waals surface area (Å²) in [6.45, 7) is 2.00. The SMILES string of the molecule is Cc1ccn2[nH]nnc12. The molecular formula is C5H6N4. The van der Waals surface area contributed by atoms with Gasteiger partial charge in [0, 0.05) is 6.20 Å². The van der Waals surface area contributed by atoms with Crippen LogP contribution in [0.1, 0.15) is 5.56 Å². The van der Waals surface area contributed by atoms with Crippen LogP contribution in [-0.4, -0.2) is 20.0 Å². The molecule has 0 bridgehead atoms. The summed E-state index contributed by atoms with van der Waals surface area (Å²) in [5.41, 5.74) is 2.04. The van der Waals surface area contributed by atoms with Gasteiger partial charge >= 0.3 is 0 Å². The molecule has 0 aromatic carbocycles. The Bertz CT molecular complexity index is 318. The van der Waals surface area contributed by atoms with Crippen molar-refractivity contribution in [3.8, 4) is 0 Å². The van der Waals surface area contributed by atoms with E-state index in [1.165, 1.54) is 0 Å². The fourth-order valence-electron chi connectivity index (χ4n) is 0.847. The molecule has 4 heteroatoms. The van der Waals surface area contributed by atoms with Crippen molar-refractivity contribution in [2.45, 2.75) is 6.92 Å². The first-order chi connectivity index (χ1) is 4.38. The maximum Gasteiger partial charge on any atom is 0.179 e. The van der Waals surface area contributed by atoms with Gasteiger partial charge in [0.15, 0.2) is 5.65 Å². The van der Waals surface area contributed by atoms with E-state index < -0.39 is 0 Å². The lowest BCUT2D eigenvalue weighted by molar-refractivity contribution is 0.826. The number of hydrogen-bond donors (Lipinski definition) is 1. The lowest BCUT2D eigenvalue weighted by atomic mass is 10.4. The summed E-state index contributed by atoms with van der Waals surface area (Å²) in [5.74, 6) is 0. The highest BCUT2D eigenvalue weighted by Gasteiger charge is 1.97. The molecule has 46 valence electrons. The number of hydrogen-bond acceptors (Lipinski definition) is 2. The molecule has 4 nitrogen and oxygen atoms in total. The quantitative estimate of drug-likeness (QED) is 0.548. The van der Waals surface area contributed by atoms with Crippen molar-refractivity contribution >= 4 is 5.65 Å². The minimum atomic E-state index is 0.898. The van der Waals surface area contributed by atoms with E-state index in [0.29, 0.717) is 0 Å². The Morgan fingerprint density at radius 1 is 1.67 bits per heavy atom. The van der Waals surface area contributed by atoms with Gasteiger partial charge in [-0.05, 0) is 18.6 Å². The number of aryl methyl sites for hydroxylation is 1. The second-order valence-corrected chi connectivity index (χ2v) is 1.99. The van der Waals surface area contributed by atoms with Gasteiger partial charge in [-0.15, -0.1) is 5.10 Å². The molecule has 0 aliphatic carbocycles. The number of rotatable bonds is 0. The molecule has 0 saturated heterocycles. The molecule has 9 heavy (non-hydrogen) atoms. The molecule has 2 heterocycles. The maximum absolute atomic E-state index is 3.84. The van der Waals surface area contributed by atoms with Crippen LogP contribution in [-0.2, 0) is 0 Å². The minimum Gasteiger partial charge on any atom is -0.226 e. The number of fused-ring (bicyclic) bond motifs is 1. The molecular weight excluding hydrogens is 116 g/mol. The second-order valence-electron chi connectivity index (χ2n) is 1.99. The zero-order valence-electron chi connectivity index (χ0n) is 5.00. The van der Waals surface area contributed by atoms with Gasteiger partial charge < -0.3 is 0 Å². The van der Waals surface area contributed by atoms with Crippen LogP contribution in [0.4, 0.5) is 0 Å². The number of aromatic nitrogens is 4. The first-order valence-corrected chi connectivity index (χ1v) is 2.72. The molecule has 2 aromatic heterocycles. The van der Waals surface area contributed by atoms with Crippen LogP contribution in [0.15, 0.2) is 12.3 Å². The summed E-state index contributed by atoms with van der Waals surface area (Å²) in [6.07, 6.45) is 1.89. The molecule has 0 unspecified atom stereocenters. The third kappa shape index (κ3) is 0.468. The van der Waals surface area contributed by atoms with Gasteiger partial charge in [0.1, 0.15) is 0 Å². The summed E-state index contributed by atoms with van der Waals surface area (Å²) < 4.78 is 1.77. The standard InChI is InChI=1S/C5H6N4/c1-4-2-3-9-5(4)6-7-8-9/h2-3H,1H3,(H,6,8). The summed E-state index contributed by atoms with van der Waals surface area (Å²) >= 11 is 0. The highest BCUT2D eigenvalue weighted by atomic mass is 15.5. The van der Waals surface area contributed by atoms with Crippen LogP contribution in [0.25, 0.3) is 5.65 Å². The van der Waals surface area contributed by atoms with Crippen molar-refractivity contribution in [2.24, 2.45) is 0 Å². The Morgan fingerprint density at radius 3 is 3.33 bits per heavy atom. The van der Waals surface area contributed by atoms with Crippen LogP contribution in [0.5, 0.6) is 0 Å². The van der Waals surface area contributed by atoms with Crippen molar-refractivity contribution in [3.05, 3.63) is 17.8 Å². The highest BCUT2D eigenvalue weighted by Crippen LogP contribution is 2.03. The first-order valence-electron chi connectivity index (χ1n) is 2.72. The van der Waals surface area contributed by atoms with E-state index in [2.05, 4.69) is 15.5 Å². The van der Waals surface area contributed by atoms with E-state index in [1.54, 1.807) is 4.52 Å². The molecule has 0 radical (unpaired) electrons. The molecule has 0 aliphatic heterocycles. The average molecular weight is 122 g/mol. The Labute approximate surface area is 51.5 Å². The van der Waals surface area contributed by atoms with Gasteiger partial charge in [-0.3, -0.25) is 0 Å². The highest BCUT2D eigenvalue weighted by molar-refractivity contribution is 5.44. The number of nitrogens with one attached hydrogen (secondary N) is 1. The number of nitrogens with zero attached hydrogens (tertiary/aromatic N) is 3. The van der Waals surface area contributed by atoms with Crippen LogP contribution < -0.4 is 0 Å². The smallest absolute Gasteiger partial charge is 0.179 e. The lowest BCUT2D eigenvalue weighted by Gasteiger charge is -1.75. The Hall–Kier alpha value is -1.32.